The second-order valence-electron chi connectivity index (χ2n) is 12.4. The predicted octanol–water partition coefficient (Wildman–Crippen LogP) is 13.1. The van der Waals surface area contributed by atoms with Gasteiger partial charge in [0.05, 0.1) is 0 Å². The molecule has 0 saturated heterocycles. The van der Waals surface area contributed by atoms with Crippen molar-refractivity contribution in [2.75, 3.05) is 0 Å². The second-order valence-corrected chi connectivity index (χ2v) is 15.9. The minimum absolute atomic E-state index is 0.0184. The summed E-state index contributed by atoms with van der Waals surface area (Å²) in [6.45, 7) is 13.7. The molecule has 192 valence electrons. The molecule has 0 atom stereocenters. The summed E-state index contributed by atoms with van der Waals surface area (Å²) in [4.78, 5) is 0. The molecule has 0 saturated carbocycles. The van der Waals surface area contributed by atoms with E-state index in [0.29, 0.717) is 0 Å². The Morgan fingerprint density at radius 2 is 0.763 bits per heavy atom. The fourth-order valence-electron chi connectivity index (χ4n) is 5.73. The number of benzene rings is 6. The standard InChI is InChI=1S/C34H28Br4/c1-33(2,3)17-11-25-29(27(37)13-17)21-9-7-19(35)15-23(21)31-24-16-20(36)8-10-22(24)30-26(32(25)31)12-18(14-28(30)38)34(4,5)6/h7-16H,1-6H3. The molecule has 6 rings (SSSR count). The number of hydrogen-bond donors (Lipinski definition) is 0. The van der Waals surface area contributed by atoms with E-state index in [4.69, 9.17) is 0 Å². The number of fused-ring (bicyclic) bond motifs is 11. The van der Waals surface area contributed by atoms with Crippen molar-refractivity contribution in [3.8, 4) is 0 Å². The fraction of sp³-hybridized carbons (Fsp3) is 0.235. The summed E-state index contributed by atoms with van der Waals surface area (Å²) < 4.78 is 4.45. The van der Waals surface area contributed by atoms with Gasteiger partial charge in [0.15, 0.2) is 0 Å². The lowest BCUT2D eigenvalue weighted by Crippen LogP contribution is -2.11. The molecule has 0 nitrogen and oxygen atoms in total. The predicted molar refractivity (Wildman–Crippen MR) is 182 cm³/mol. The van der Waals surface area contributed by atoms with Gasteiger partial charge in [0, 0.05) is 28.7 Å². The van der Waals surface area contributed by atoms with Gasteiger partial charge in [-0.2, -0.15) is 0 Å². The van der Waals surface area contributed by atoms with Crippen molar-refractivity contribution >= 4 is 118 Å². The van der Waals surface area contributed by atoms with Gasteiger partial charge >= 0.3 is 0 Å². The van der Waals surface area contributed by atoms with E-state index in [1.165, 1.54) is 65.0 Å². The molecule has 0 aliphatic rings. The molecule has 38 heavy (non-hydrogen) atoms. The van der Waals surface area contributed by atoms with Gasteiger partial charge in [-0.25, -0.2) is 0 Å². The Balaban J connectivity index is 2.07. The Hall–Kier alpha value is -1.46. The minimum atomic E-state index is 0.0184. The van der Waals surface area contributed by atoms with Crippen LogP contribution in [0.1, 0.15) is 52.7 Å². The summed E-state index contributed by atoms with van der Waals surface area (Å²) in [5.74, 6) is 0. The molecule has 0 aromatic heterocycles. The van der Waals surface area contributed by atoms with Gasteiger partial charge in [0.2, 0.25) is 0 Å². The lowest BCUT2D eigenvalue weighted by atomic mass is 9.81. The van der Waals surface area contributed by atoms with Crippen LogP contribution in [0.15, 0.2) is 78.6 Å². The van der Waals surface area contributed by atoms with Crippen LogP contribution in [0.25, 0.3) is 53.9 Å². The zero-order valence-corrected chi connectivity index (χ0v) is 28.6. The lowest BCUT2D eigenvalue weighted by Gasteiger charge is -2.25. The highest BCUT2D eigenvalue weighted by molar-refractivity contribution is 9.11. The largest absolute Gasteiger partial charge is 0.0561 e. The molecule has 0 bridgehead atoms. The van der Waals surface area contributed by atoms with E-state index < -0.39 is 0 Å². The maximum absolute atomic E-state index is 4.02. The van der Waals surface area contributed by atoms with Gasteiger partial charge < -0.3 is 0 Å². The molecule has 4 heteroatoms. The molecule has 0 heterocycles. The quantitative estimate of drug-likeness (QED) is 0.135. The van der Waals surface area contributed by atoms with Crippen LogP contribution in [0, 0.1) is 0 Å². The van der Waals surface area contributed by atoms with Crippen LogP contribution >= 0.6 is 63.7 Å². The summed E-state index contributed by atoms with van der Waals surface area (Å²) in [6.07, 6.45) is 0. The van der Waals surface area contributed by atoms with E-state index in [2.05, 4.69) is 166 Å². The Bertz CT molecular complexity index is 1830. The Labute approximate surface area is 257 Å². The highest BCUT2D eigenvalue weighted by Gasteiger charge is 2.24. The van der Waals surface area contributed by atoms with Crippen LogP contribution in [0.4, 0.5) is 0 Å². The molecule has 0 unspecified atom stereocenters. The Morgan fingerprint density at radius 3 is 1.13 bits per heavy atom. The van der Waals surface area contributed by atoms with Crippen LogP contribution in [0.3, 0.4) is 0 Å². The molecule has 0 amide bonds. The molecule has 6 aromatic rings. The first kappa shape index (κ1) is 26.7. The molecular weight excluding hydrogens is 728 g/mol. The summed E-state index contributed by atoms with van der Waals surface area (Å²) in [6, 6.07) is 22.9. The number of halogens is 4. The average molecular weight is 756 g/mol. The molecule has 0 spiro atoms. The second kappa shape index (κ2) is 9.03. The van der Waals surface area contributed by atoms with Crippen molar-refractivity contribution in [1.82, 2.24) is 0 Å². The SMILES string of the molecule is CC(C)(C)c1cc(Br)c2c3ccc(Br)cc3c3c4cc(Br)ccc4c4c(Br)cc(C(C)(C)C)cc4c3c2c1. The molecule has 0 aliphatic carbocycles. The van der Waals surface area contributed by atoms with E-state index in [1.807, 2.05) is 0 Å². The summed E-state index contributed by atoms with van der Waals surface area (Å²) >= 11 is 15.6. The highest BCUT2D eigenvalue weighted by atomic mass is 79.9. The van der Waals surface area contributed by atoms with Crippen LogP contribution in [0.5, 0.6) is 0 Å². The number of hydrogen-bond acceptors (Lipinski definition) is 0. The van der Waals surface area contributed by atoms with Gasteiger partial charge in [0.1, 0.15) is 0 Å². The molecule has 0 fully saturated rings. The van der Waals surface area contributed by atoms with E-state index in [1.54, 1.807) is 0 Å². The van der Waals surface area contributed by atoms with Gasteiger partial charge in [-0.05, 0) is 114 Å². The van der Waals surface area contributed by atoms with Crippen molar-refractivity contribution in [2.24, 2.45) is 0 Å². The normalized spacial score (nSPS) is 13.0. The monoisotopic (exact) mass is 752 g/mol. The van der Waals surface area contributed by atoms with Crippen LogP contribution in [-0.2, 0) is 10.8 Å². The fourth-order valence-corrected chi connectivity index (χ4v) is 7.80. The zero-order valence-electron chi connectivity index (χ0n) is 22.3. The van der Waals surface area contributed by atoms with Crippen molar-refractivity contribution in [3.05, 3.63) is 89.7 Å². The molecule has 0 radical (unpaired) electrons. The Kier molecular flexibility index (Phi) is 6.35. The third kappa shape index (κ3) is 4.17. The molecule has 6 aromatic carbocycles. The van der Waals surface area contributed by atoms with Gasteiger partial charge in [-0.3, -0.25) is 0 Å². The maximum atomic E-state index is 4.02. The average Bonchev–Trinajstić information content (AvgIpc) is 2.81. The van der Waals surface area contributed by atoms with Crippen LogP contribution < -0.4 is 0 Å². The first-order valence-electron chi connectivity index (χ1n) is 12.8. The van der Waals surface area contributed by atoms with Gasteiger partial charge in [-0.1, -0.05) is 117 Å². The highest BCUT2D eigenvalue weighted by Crippen LogP contribution is 2.49. The van der Waals surface area contributed by atoms with E-state index >= 15 is 0 Å². The molecule has 0 aliphatic heterocycles. The van der Waals surface area contributed by atoms with Crippen LogP contribution in [-0.4, -0.2) is 0 Å². The van der Waals surface area contributed by atoms with E-state index in [9.17, 15) is 0 Å². The van der Waals surface area contributed by atoms with E-state index in [-0.39, 0.29) is 10.8 Å². The summed E-state index contributed by atoms with van der Waals surface area (Å²) in [5, 5.41) is 12.8. The third-order valence-electron chi connectivity index (χ3n) is 7.74. The van der Waals surface area contributed by atoms with E-state index in [0.717, 1.165) is 17.9 Å². The first-order valence-corrected chi connectivity index (χ1v) is 16.0. The van der Waals surface area contributed by atoms with Crippen molar-refractivity contribution in [1.29, 1.82) is 0 Å². The maximum Gasteiger partial charge on any atom is 0.0263 e. The van der Waals surface area contributed by atoms with Crippen molar-refractivity contribution in [2.45, 2.75) is 52.4 Å². The minimum Gasteiger partial charge on any atom is -0.0561 e. The van der Waals surface area contributed by atoms with Crippen LogP contribution in [0.2, 0.25) is 0 Å². The molecule has 0 N–H and O–H groups in total. The third-order valence-corrected chi connectivity index (χ3v) is 9.98. The lowest BCUT2D eigenvalue weighted by molar-refractivity contribution is 0.590. The van der Waals surface area contributed by atoms with Gasteiger partial charge in [0.25, 0.3) is 0 Å². The summed E-state index contributed by atoms with van der Waals surface area (Å²) in [5.41, 5.74) is 2.68. The topological polar surface area (TPSA) is 0 Å². The molecular formula is C34H28Br4. The Morgan fingerprint density at radius 1 is 0.395 bits per heavy atom. The first-order chi connectivity index (χ1) is 17.8. The van der Waals surface area contributed by atoms with Crippen molar-refractivity contribution < 1.29 is 0 Å². The zero-order chi connectivity index (χ0) is 27.3. The smallest absolute Gasteiger partial charge is 0.0263 e. The van der Waals surface area contributed by atoms with Crippen molar-refractivity contribution in [3.63, 3.8) is 0 Å². The van der Waals surface area contributed by atoms with Gasteiger partial charge in [-0.15, -0.1) is 0 Å². The number of rotatable bonds is 0. The summed E-state index contributed by atoms with van der Waals surface area (Å²) in [7, 11) is 0.